The van der Waals surface area contributed by atoms with E-state index in [9.17, 15) is 0 Å². The highest BCUT2D eigenvalue weighted by Crippen LogP contribution is 2.26. The summed E-state index contributed by atoms with van der Waals surface area (Å²) < 4.78 is 0. The van der Waals surface area contributed by atoms with Gasteiger partial charge in [0, 0.05) is 5.69 Å². The number of benzene rings is 2. The fourth-order valence-electron chi connectivity index (χ4n) is 2.19. The summed E-state index contributed by atoms with van der Waals surface area (Å²) in [6.07, 6.45) is 0. The van der Waals surface area contributed by atoms with Crippen LogP contribution in [0.25, 0.3) is 11.0 Å². The van der Waals surface area contributed by atoms with Crippen molar-refractivity contribution in [2.45, 2.75) is 26.2 Å². The standard InChI is InChI=1S/C17H19N3/c1-17(2,3)12-9-10-14-15(11-12)20-16(19-14)18-13-7-5-4-6-8-13/h4-11H,1-3H3,(H2,18,19,20). The molecule has 0 aliphatic carbocycles. The summed E-state index contributed by atoms with van der Waals surface area (Å²) in [6.45, 7) is 6.65. The second kappa shape index (κ2) is 4.67. The molecule has 0 fully saturated rings. The highest BCUT2D eigenvalue weighted by Gasteiger charge is 2.14. The van der Waals surface area contributed by atoms with Crippen molar-refractivity contribution >= 4 is 22.7 Å². The van der Waals surface area contributed by atoms with Crippen molar-refractivity contribution in [3.8, 4) is 0 Å². The van der Waals surface area contributed by atoms with Gasteiger partial charge in [-0.05, 0) is 35.2 Å². The van der Waals surface area contributed by atoms with E-state index in [4.69, 9.17) is 0 Å². The minimum atomic E-state index is 0.145. The van der Waals surface area contributed by atoms with Crippen molar-refractivity contribution in [1.82, 2.24) is 9.97 Å². The molecule has 0 saturated carbocycles. The average molecular weight is 265 g/mol. The second-order valence-corrected chi connectivity index (χ2v) is 6.06. The Morgan fingerprint density at radius 1 is 1.00 bits per heavy atom. The summed E-state index contributed by atoms with van der Waals surface area (Å²) in [5.74, 6) is 0.775. The molecule has 0 aliphatic rings. The zero-order valence-corrected chi connectivity index (χ0v) is 12.1. The van der Waals surface area contributed by atoms with Crippen LogP contribution in [-0.4, -0.2) is 9.97 Å². The minimum absolute atomic E-state index is 0.145. The van der Waals surface area contributed by atoms with Crippen LogP contribution in [0.15, 0.2) is 48.5 Å². The van der Waals surface area contributed by atoms with Crippen molar-refractivity contribution in [1.29, 1.82) is 0 Å². The number of para-hydroxylation sites is 1. The second-order valence-electron chi connectivity index (χ2n) is 6.06. The quantitative estimate of drug-likeness (QED) is 0.710. The molecule has 3 nitrogen and oxygen atoms in total. The average Bonchev–Trinajstić information content (AvgIpc) is 2.80. The van der Waals surface area contributed by atoms with Gasteiger partial charge in [-0.3, -0.25) is 0 Å². The first-order valence-corrected chi connectivity index (χ1v) is 6.85. The van der Waals surface area contributed by atoms with Crippen LogP contribution in [0, 0.1) is 0 Å². The maximum Gasteiger partial charge on any atom is 0.205 e. The molecule has 0 aliphatic heterocycles. The van der Waals surface area contributed by atoms with Gasteiger partial charge in [-0.1, -0.05) is 45.0 Å². The maximum absolute atomic E-state index is 4.56. The molecule has 0 saturated heterocycles. The lowest BCUT2D eigenvalue weighted by Gasteiger charge is -2.18. The Morgan fingerprint density at radius 2 is 1.75 bits per heavy atom. The van der Waals surface area contributed by atoms with Gasteiger partial charge in [0.15, 0.2) is 0 Å². The number of aromatic nitrogens is 2. The Bertz CT molecular complexity index is 721. The summed E-state index contributed by atoms with van der Waals surface area (Å²) in [7, 11) is 0. The number of nitrogens with zero attached hydrogens (tertiary/aromatic N) is 1. The van der Waals surface area contributed by atoms with E-state index in [1.165, 1.54) is 5.56 Å². The predicted molar refractivity (Wildman–Crippen MR) is 84.5 cm³/mol. The van der Waals surface area contributed by atoms with Gasteiger partial charge >= 0.3 is 0 Å². The third kappa shape index (κ3) is 2.52. The molecule has 0 spiro atoms. The molecule has 0 amide bonds. The fourth-order valence-corrected chi connectivity index (χ4v) is 2.19. The molecule has 102 valence electrons. The highest BCUT2D eigenvalue weighted by molar-refractivity contribution is 5.79. The molecule has 0 bridgehead atoms. The Hall–Kier alpha value is -2.29. The van der Waals surface area contributed by atoms with Crippen LogP contribution in [-0.2, 0) is 5.41 Å². The third-order valence-electron chi connectivity index (χ3n) is 3.38. The molecule has 3 aromatic rings. The normalized spacial score (nSPS) is 11.8. The first kappa shape index (κ1) is 12.7. The monoisotopic (exact) mass is 265 g/mol. The van der Waals surface area contributed by atoms with Crippen LogP contribution in [0.2, 0.25) is 0 Å². The van der Waals surface area contributed by atoms with E-state index in [0.29, 0.717) is 0 Å². The van der Waals surface area contributed by atoms with E-state index < -0.39 is 0 Å². The Kier molecular flexibility index (Phi) is 2.97. The van der Waals surface area contributed by atoms with Gasteiger partial charge in [0.1, 0.15) is 0 Å². The molecular weight excluding hydrogens is 246 g/mol. The minimum Gasteiger partial charge on any atom is -0.326 e. The fraction of sp³-hybridized carbons (Fsp3) is 0.235. The number of hydrogen-bond acceptors (Lipinski definition) is 2. The molecule has 2 aromatic carbocycles. The zero-order chi connectivity index (χ0) is 14.2. The summed E-state index contributed by atoms with van der Waals surface area (Å²) in [4.78, 5) is 7.90. The first-order chi connectivity index (χ1) is 9.52. The summed E-state index contributed by atoms with van der Waals surface area (Å²) >= 11 is 0. The largest absolute Gasteiger partial charge is 0.326 e. The molecule has 3 rings (SSSR count). The van der Waals surface area contributed by atoms with Gasteiger partial charge in [-0.15, -0.1) is 0 Å². The van der Waals surface area contributed by atoms with E-state index in [2.05, 4.69) is 54.3 Å². The molecular formula is C17H19N3. The lowest BCUT2D eigenvalue weighted by atomic mass is 9.87. The van der Waals surface area contributed by atoms with E-state index in [-0.39, 0.29) is 5.41 Å². The zero-order valence-electron chi connectivity index (χ0n) is 12.1. The number of fused-ring (bicyclic) bond motifs is 1. The van der Waals surface area contributed by atoms with Crippen molar-refractivity contribution < 1.29 is 0 Å². The SMILES string of the molecule is CC(C)(C)c1ccc2nc(Nc3ccccc3)[nH]c2c1. The predicted octanol–water partition coefficient (Wildman–Crippen LogP) is 4.60. The van der Waals surface area contributed by atoms with E-state index in [0.717, 1.165) is 22.7 Å². The van der Waals surface area contributed by atoms with Gasteiger partial charge in [-0.25, -0.2) is 4.98 Å². The molecule has 1 aromatic heterocycles. The van der Waals surface area contributed by atoms with Gasteiger partial charge in [0.25, 0.3) is 0 Å². The van der Waals surface area contributed by atoms with Crippen molar-refractivity contribution in [3.63, 3.8) is 0 Å². The van der Waals surface area contributed by atoms with E-state index in [1.807, 2.05) is 30.3 Å². The topological polar surface area (TPSA) is 40.7 Å². The van der Waals surface area contributed by atoms with Crippen LogP contribution in [0.5, 0.6) is 0 Å². The lowest BCUT2D eigenvalue weighted by molar-refractivity contribution is 0.591. The van der Waals surface area contributed by atoms with Gasteiger partial charge in [-0.2, -0.15) is 0 Å². The smallest absolute Gasteiger partial charge is 0.205 e. The van der Waals surface area contributed by atoms with Gasteiger partial charge < -0.3 is 10.3 Å². The van der Waals surface area contributed by atoms with Crippen molar-refractivity contribution in [2.24, 2.45) is 0 Å². The number of rotatable bonds is 2. The Labute approximate surface area is 119 Å². The molecule has 0 radical (unpaired) electrons. The summed E-state index contributed by atoms with van der Waals surface area (Å²) in [5.41, 5.74) is 4.53. The number of H-pyrrole nitrogens is 1. The van der Waals surface area contributed by atoms with Crippen LogP contribution >= 0.6 is 0 Å². The Morgan fingerprint density at radius 3 is 2.45 bits per heavy atom. The van der Waals surface area contributed by atoms with Crippen LogP contribution in [0.1, 0.15) is 26.3 Å². The van der Waals surface area contributed by atoms with Crippen LogP contribution in [0.4, 0.5) is 11.6 Å². The summed E-state index contributed by atoms with van der Waals surface area (Å²) in [5, 5.41) is 3.28. The Balaban J connectivity index is 1.95. The van der Waals surface area contributed by atoms with Crippen LogP contribution < -0.4 is 5.32 Å². The third-order valence-corrected chi connectivity index (χ3v) is 3.38. The molecule has 0 atom stereocenters. The van der Waals surface area contributed by atoms with E-state index in [1.54, 1.807) is 0 Å². The van der Waals surface area contributed by atoms with Crippen molar-refractivity contribution in [2.75, 3.05) is 5.32 Å². The molecule has 1 heterocycles. The highest BCUT2D eigenvalue weighted by atomic mass is 15.1. The maximum atomic E-state index is 4.56. The number of hydrogen-bond donors (Lipinski definition) is 2. The number of aromatic amines is 1. The summed E-state index contributed by atoms with van der Waals surface area (Å²) in [6, 6.07) is 16.4. The molecule has 20 heavy (non-hydrogen) atoms. The van der Waals surface area contributed by atoms with Crippen molar-refractivity contribution in [3.05, 3.63) is 54.1 Å². The number of imidazole rings is 1. The molecule has 2 N–H and O–H groups in total. The molecule has 3 heteroatoms. The number of anilines is 2. The molecule has 0 unspecified atom stereocenters. The van der Waals surface area contributed by atoms with Gasteiger partial charge in [0.2, 0.25) is 5.95 Å². The van der Waals surface area contributed by atoms with E-state index >= 15 is 0 Å². The first-order valence-electron chi connectivity index (χ1n) is 6.85. The van der Waals surface area contributed by atoms with Gasteiger partial charge in [0.05, 0.1) is 11.0 Å². The van der Waals surface area contributed by atoms with Crippen LogP contribution in [0.3, 0.4) is 0 Å². The lowest BCUT2D eigenvalue weighted by Crippen LogP contribution is -2.10. The number of nitrogens with one attached hydrogen (secondary N) is 2.